The molecule has 42 heavy (non-hydrogen) atoms. The van der Waals surface area contributed by atoms with E-state index in [4.69, 9.17) is 0 Å². The lowest BCUT2D eigenvalue weighted by atomic mass is 10.1. The molecule has 0 aliphatic rings. The van der Waals surface area contributed by atoms with Gasteiger partial charge in [-0.15, -0.1) is 0 Å². The zero-order valence-corrected chi connectivity index (χ0v) is 23.8. The van der Waals surface area contributed by atoms with Crippen LogP contribution in [0.5, 0.6) is 0 Å². The summed E-state index contributed by atoms with van der Waals surface area (Å²) >= 11 is 0. The van der Waals surface area contributed by atoms with Gasteiger partial charge in [-0.05, 0) is 61.0 Å². The molecule has 214 valence electrons. The Morgan fingerprint density at radius 3 is 1.90 bits per heavy atom. The number of para-hydroxylation sites is 3. The van der Waals surface area contributed by atoms with Gasteiger partial charge in [0.05, 0.1) is 17.8 Å². The first-order valence-corrected chi connectivity index (χ1v) is 13.4. The highest BCUT2D eigenvalue weighted by atomic mass is 16.2. The van der Waals surface area contributed by atoms with Crippen LogP contribution in [0.3, 0.4) is 0 Å². The van der Waals surface area contributed by atoms with Crippen LogP contribution in [0.4, 0.5) is 27.5 Å². The summed E-state index contributed by atoms with van der Waals surface area (Å²) in [5, 5.41) is 5.27. The number of urea groups is 1. The molecular formula is C33H33N5O4. The summed E-state index contributed by atoms with van der Waals surface area (Å²) in [5.41, 5.74) is 3.36. The van der Waals surface area contributed by atoms with Crippen molar-refractivity contribution < 1.29 is 19.2 Å². The average Bonchev–Trinajstić information content (AvgIpc) is 3.02. The molecule has 2 N–H and O–H groups in total. The lowest BCUT2D eigenvalue weighted by molar-refractivity contribution is -0.121. The predicted octanol–water partition coefficient (Wildman–Crippen LogP) is 5.09. The number of anilines is 4. The number of amides is 5. The van der Waals surface area contributed by atoms with Crippen LogP contribution >= 0.6 is 0 Å². The molecule has 0 aliphatic heterocycles. The van der Waals surface area contributed by atoms with Crippen LogP contribution in [0, 0.1) is 6.92 Å². The fourth-order valence-corrected chi connectivity index (χ4v) is 4.33. The van der Waals surface area contributed by atoms with Crippen molar-refractivity contribution in [3.63, 3.8) is 0 Å². The Kier molecular flexibility index (Phi) is 9.68. The van der Waals surface area contributed by atoms with Gasteiger partial charge in [0, 0.05) is 31.2 Å². The molecule has 5 amide bonds. The zero-order chi connectivity index (χ0) is 30.1. The highest BCUT2D eigenvalue weighted by Crippen LogP contribution is 2.25. The highest BCUT2D eigenvalue weighted by Gasteiger charge is 2.27. The third-order valence-corrected chi connectivity index (χ3v) is 6.66. The van der Waals surface area contributed by atoms with Crippen molar-refractivity contribution in [3.05, 3.63) is 120 Å². The first-order valence-electron chi connectivity index (χ1n) is 13.4. The maximum absolute atomic E-state index is 13.7. The molecule has 4 aromatic rings. The van der Waals surface area contributed by atoms with Crippen molar-refractivity contribution in [1.82, 2.24) is 5.32 Å². The number of aryl methyl sites for hydroxylation is 1. The van der Waals surface area contributed by atoms with Gasteiger partial charge in [-0.1, -0.05) is 60.7 Å². The molecule has 0 fully saturated rings. The third kappa shape index (κ3) is 7.39. The second-order valence-electron chi connectivity index (χ2n) is 9.66. The summed E-state index contributed by atoms with van der Waals surface area (Å²) in [6.07, 6.45) is 0. The molecule has 4 aromatic carbocycles. The monoisotopic (exact) mass is 563 g/mol. The lowest BCUT2D eigenvalue weighted by Crippen LogP contribution is -2.47. The summed E-state index contributed by atoms with van der Waals surface area (Å²) < 4.78 is 0. The summed E-state index contributed by atoms with van der Waals surface area (Å²) in [4.78, 5) is 57.5. The molecule has 0 radical (unpaired) electrons. The van der Waals surface area contributed by atoms with Gasteiger partial charge in [-0.2, -0.15) is 0 Å². The van der Waals surface area contributed by atoms with E-state index in [1.54, 1.807) is 74.8 Å². The topological polar surface area (TPSA) is 102 Å². The van der Waals surface area contributed by atoms with Gasteiger partial charge in [0.1, 0.15) is 6.54 Å². The zero-order valence-electron chi connectivity index (χ0n) is 23.8. The van der Waals surface area contributed by atoms with Crippen LogP contribution in [-0.2, 0) is 9.59 Å². The largest absolute Gasteiger partial charge is 0.329 e. The maximum atomic E-state index is 13.7. The van der Waals surface area contributed by atoms with Crippen molar-refractivity contribution in [2.24, 2.45) is 0 Å². The van der Waals surface area contributed by atoms with Crippen LogP contribution in [0.1, 0.15) is 15.9 Å². The van der Waals surface area contributed by atoms with E-state index in [-0.39, 0.29) is 29.6 Å². The standard InChI is InChI=1S/C33H33N5O4/c1-24-13-12-14-25(21-24)35-33(42)34-22-30(39)38(23-31(40)36(2)26-15-6-4-7-16-26)29-20-11-10-19-28(29)32(41)37(3)27-17-8-5-9-18-27/h4-21H,22-23H2,1-3H3,(H2,34,35,42). The molecule has 0 aliphatic carbocycles. The maximum Gasteiger partial charge on any atom is 0.319 e. The van der Waals surface area contributed by atoms with E-state index in [1.165, 1.54) is 14.7 Å². The number of nitrogens with zero attached hydrogens (tertiary/aromatic N) is 3. The summed E-state index contributed by atoms with van der Waals surface area (Å²) in [6, 6.07) is 31.5. The van der Waals surface area contributed by atoms with Gasteiger partial charge >= 0.3 is 6.03 Å². The molecule has 0 atom stereocenters. The predicted molar refractivity (Wildman–Crippen MR) is 166 cm³/mol. The minimum absolute atomic E-state index is 0.233. The number of rotatable bonds is 9. The first kappa shape index (κ1) is 29.5. The van der Waals surface area contributed by atoms with Crippen LogP contribution < -0.4 is 25.3 Å². The van der Waals surface area contributed by atoms with E-state index >= 15 is 0 Å². The van der Waals surface area contributed by atoms with Gasteiger partial charge in [0.15, 0.2) is 0 Å². The molecule has 0 spiro atoms. The van der Waals surface area contributed by atoms with Crippen molar-refractivity contribution in [2.75, 3.05) is 47.2 Å². The first-order chi connectivity index (χ1) is 20.2. The number of carbonyl (C=O) groups excluding carboxylic acids is 4. The van der Waals surface area contributed by atoms with Crippen LogP contribution in [0.2, 0.25) is 0 Å². The van der Waals surface area contributed by atoms with Gasteiger partial charge in [-0.25, -0.2) is 4.79 Å². The Bertz CT molecular complexity index is 1560. The number of hydrogen-bond acceptors (Lipinski definition) is 4. The Morgan fingerprint density at radius 1 is 0.667 bits per heavy atom. The van der Waals surface area contributed by atoms with Crippen molar-refractivity contribution >= 4 is 46.5 Å². The molecule has 0 heterocycles. The van der Waals surface area contributed by atoms with Crippen LogP contribution in [0.15, 0.2) is 109 Å². The van der Waals surface area contributed by atoms with Crippen molar-refractivity contribution in [2.45, 2.75) is 6.92 Å². The Morgan fingerprint density at radius 2 is 1.26 bits per heavy atom. The molecule has 9 heteroatoms. The normalized spacial score (nSPS) is 10.4. The van der Waals surface area contributed by atoms with E-state index in [9.17, 15) is 19.2 Å². The minimum Gasteiger partial charge on any atom is -0.329 e. The van der Waals surface area contributed by atoms with Crippen molar-refractivity contribution in [1.29, 1.82) is 0 Å². The molecule has 0 bridgehead atoms. The Labute approximate surface area is 245 Å². The Hall–Kier alpha value is -5.44. The summed E-state index contributed by atoms with van der Waals surface area (Å²) in [6.45, 7) is 1.14. The smallest absolute Gasteiger partial charge is 0.319 e. The van der Waals surface area contributed by atoms with E-state index in [2.05, 4.69) is 10.6 Å². The highest BCUT2D eigenvalue weighted by molar-refractivity contribution is 6.13. The van der Waals surface area contributed by atoms with Gasteiger partial charge in [0.25, 0.3) is 5.91 Å². The third-order valence-electron chi connectivity index (χ3n) is 6.66. The molecule has 0 saturated carbocycles. The van der Waals surface area contributed by atoms with Crippen LogP contribution in [0.25, 0.3) is 0 Å². The minimum atomic E-state index is -0.574. The van der Waals surface area contributed by atoms with Crippen molar-refractivity contribution in [3.8, 4) is 0 Å². The molecule has 4 rings (SSSR count). The van der Waals surface area contributed by atoms with Gasteiger partial charge < -0.3 is 25.3 Å². The summed E-state index contributed by atoms with van der Waals surface area (Å²) in [7, 11) is 3.26. The molecule has 0 aromatic heterocycles. The number of nitrogens with one attached hydrogen (secondary N) is 2. The number of likely N-dealkylation sites (N-methyl/N-ethyl adjacent to an activating group) is 1. The number of hydrogen-bond donors (Lipinski definition) is 2. The second kappa shape index (κ2) is 13.8. The number of carbonyl (C=O) groups is 4. The summed E-state index contributed by atoms with van der Waals surface area (Å²) in [5.74, 6) is -1.30. The van der Waals surface area contributed by atoms with E-state index in [0.717, 1.165) is 5.56 Å². The Balaban J connectivity index is 1.60. The van der Waals surface area contributed by atoms with E-state index in [0.29, 0.717) is 17.1 Å². The SMILES string of the molecule is Cc1cccc(NC(=O)NCC(=O)N(CC(=O)N(C)c2ccccc2)c2ccccc2C(=O)N(C)c2ccccc2)c1. The lowest BCUT2D eigenvalue weighted by Gasteiger charge is -2.28. The quantitative estimate of drug-likeness (QED) is 0.296. The molecule has 0 unspecified atom stereocenters. The average molecular weight is 564 g/mol. The van der Waals surface area contributed by atoms with E-state index < -0.39 is 18.5 Å². The van der Waals surface area contributed by atoms with Gasteiger partial charge in [-0.3, -0.25) is 14.4 Å². The van der Waals surface area contributed by atoms with Gasteiger partial charge in [0.2, 0.25) is 11.8 Å². The molecular weight excluding hydrogens is 530 g/mol. The molecule has 9 nitrogen and oxygen atoms in total. The van der Waals surface area contributed by atoms with Crippen LogP contribution in [-0.4, -0.2) is 50.9 Å². The molecule has 0 saturated heterocycles. The fourth-order valence-electron chi connectivity index (χ4n) is 4.33. The second-order valence-corrected chi connectivity index (χ2v) is 9.66. The number of benzene rings is 4. The fraction of sp³-hybridized carbons (Fsp3) is 0.152. The van der Waals surface area contributed by atoms with E-state index in [1.807, 2.05) is 55.5 Å².